The highest BCUT2D eigenvalue weighted by Gasteiger charge is 2.43. The molecule has 2 aliphatic heterocycles. The molecule has 1 aromatic rings. The van der Waals surface area contributed by atoms with E-state index in [4.69, 9.17) is 17.2 Å². The highest BCUT2D eigenvalue weighted by atomic mass is 16.4. The van der Waals surface area contributed by atoms with E-state index in [0.29, 0.717) is 58.2 Å². The van der Waals surface area contributed by atoms with E-state index >= 15 is 0 Å². The molecule has 0 spiro atoms. The molecule has 12 nitrogen and oxygen atoms in total. The number of hydrogen-bond acceptors (Lipinski definition) is 6. The molecule has 0 saturated carbocycles. The lowest BCUT2D eigenvalue weighted by molar-refractivity contribution is -0.148. The van der Waals surface area contributed by atoms with Gasteiger partial charge in [-0.1, -0.05) is 30.3 Å². The van der Waals surface area contributed by atoms with Gasteiger partial charge in [0.25, 0.3) is 0 Å². The number of hydrogen-bond donors (Lipinski definition) is 5. The third kappa shape index (κ3) is 7.42. The zero-order valence-corrected chi connectivity index (χ0v) is 20.9. The van der Waals surface area contributed by atoms with Crippen LogP contribution in [-0.2, 0) is 25.6 Å². The number of aliphatic imine (C=N–C) groups is 1. The van der Waals surface area contributed by atoms with E-state index in [1.807, 2.05) is 6.07 Å². The maximum Gasteiger partial charge on any atom is 0.326 e. The van der Waals surface area contributed by atoms with Crippen molar-refractivity contribution in [2.45, 2.75) is 69.1 Å². The normalized spacial score (nSPS) is 20.8. The molecule has 8 N–H and O–H groups in total. The first kappa shape index (κ1) is 27.9. The third-order valence-corrected chi connectivity index (χ3v) is 6.84. The van der Waals surface area contributed by atoms with Crippen LogP contribution in [0.2, 0.25) is 0 Å². The highest BCUT2D eigenvalue weighted by molar-refractivity contribution is 5.94. The molecule has 1 aromatic carbocycles. The number of aliphatic carboxylic acids is 1. The van der Waals surface area contributed by atoms with Crippen LogP contribution < -0.4 is 22.5 Å². The Morgan fingerprint density at radius 1 is 1.03 bits per heavy atom. The summed E-state index contributed by atoms with van der Waals surface area (Å²) in [5.41, 5.74) is 17.5. The quantitative estimate of drug-likeness (QED) is 0.143. The van der Waals surface area contributed by atoms with Gasteiger partial charge in [-0.05, 0) is 44.1 Å². The number of guanidine groups is 1. The molecule has 202 valence electrons. The number of benzene rings is 1. The molecule has 0 bridgehead atoms. The van der Waals surface area contributed by atoms with Gasteiger partial charge < -0.3 is 37.4 Å². The summed E-state index contributed by atoms with van der Waals surface area (Å²) in [4.78, 5) is 58.3. The number of carboxylic acids is 1. The molecule has 3 rings (SSSR count). The molecule has 0 aromatic heterocycles. The van der Waals surface area contributed by atoms with E-state index in [1.54, 1.807) is 24.3 Å². The lowest BCUT2D eigenvalue weighted by Gasteiger charge is -2.32. The predicted molar refractivity (Wildman–Crippen MR) is 137 cm³/mol. The lowest BCUT2D eigenvalue weighted by Crippen LogP contribution is -2.56. The molecule has 2 saturated heterocycles. The molecule has 2 fully saturated rings. The van der Waals surface area contributed by atoms with Gasteiger partial charge in [-0.3, -0.25) is 19.4 Å². The Hall–Kier alpha value is -3.67. The number of carbonyl (C=O) groups excluding carboxylic acids is 3. The van der Waals surface area contributed by atoms with E-state index in [0.717, 1.165) is 5.56 Å². The Morgan fingerprint density at radius 3 is 2.32 bits per heavy atom. The fraction of sp³-hybridized carbons (Fsp3) is 0.560. The van der Waals surface area contributed by atoms with Gasteiger partial charge in [-0.15, -0.1) is 0 Å². The van der Waals surface area contributed by atoms with Gasteiger partial charge in [0.15, 0.2) is 5.96 Å². The van der Waals surface area contributed by atoms with Gasteiger partial charge in [0, 0.05) is 26.1 Å². The maximum atomic E-state index is 13.5. The molecule has 2 heterocycles. The summed E-state index contributed by atoms with van der Waals surface area (Å²) < 4.78 is 0. The summed E-state index contributed by atoms with van der Waals surface area (Å²) in [6, 6.07) is 5.66. The van der Waals surface area contributed by atoms with Gasteiger partial charge in [0.05, 0.1) is 6.04 Å². The van der Waals surface area contributed by atoms with Crippen molar-refractivity contribution < 1.29 is 24.3 Å². The van der Waals surface area contributed by atoms with Crippen molar-refractivity contribution in [3.63, 3.8) is 0 Å². The van der Waals surface area contributed by atoms with E-state index in [9.17, 15) is 24.3 Å². The van der Waals surface area contributed by atoms with Crippen LogP contribution in [0.4, 0.5) is 0 Å². The molecule has 2 aliphatic rings. The van der Waals surface area contributed by atoms with Gasteiger partial charge >= 0.3 is 5.97 Å². The van der Waals surface area contributed by atoms with Crippen LogP contribution in [0.5, 0.6) is 0 Å². The summed E-state index contributed by atoms with van der Waals surface area (Å²) in [7, 11) is 0. The summed E-state index contributed by atoms with van der Waals surface area (Å²) in [6.45, 7) is 1.15. The monoisotopic (exact) mass is 515 g/mol. The summed E-state index contributed by atoms with van der Waals surface area (Å²) >= 11 is 0. The van der Waals surface area contributed by atoms with E-state index < -0.39 is 36.0 Å². The first-order valence-corrected chi connectivity index (χ1v) is 12.7. The van der Waals surface area contributed by atoms with Crippen molar-refractivity contribution in [3.05, 3.63) is 35.9 Å². The maximum absolute atomic E-state index is 13.5. The second-order valence-corrected chi connectivity index (χ2v) is 9.52. The smallest absolute Gasteiger partial charge is 0.326 e. The molecular formula is C25H37N7O5. The Labute approximate surface area is 216 Å². The highest BCUT2D eigenvalue weighted by Crippen LogP contribution is 2.26. The van der Waals surface area contributed by atoms with Gasteiger partial charge in [-0.2, -0.15) is 0 Å². The number of carbonyl (C=O) groups is 4. The van der Waals surface area contributed by atoms with Crippen LogP contribution in [0.3, 0.4) is 0 Å². The molecular weight excluding hydrogens is 478 g/mol. The largest absolute Gasteiger partial charge is 0.480 e. The number of nitrogens with two attached hydrogens (primary N) is 3. The standard InChI is InChI=1S/C25H37N7O5/c26-17(9-4-12-29-25(27)28)22(34)32-14-6-11-20(32)23(35)31-13-5-10-19(31)21(33)30-18(24(36)37)15-16-7-2-1-3-8-16/h1-3,7-8,17-20H,4-6,9-15,26H2,(H,30,33)(H,36,37)(H4,27,28,29). The van der Waals surface area contributed by atoms with Crippen LogP contribution in [0.25, 0.3) is 0 Å². The second kappa shape index (κ2) is 13.0. The number of carboxylic acid groups (broad SMARTS) is 1. The van der Waals surface area contributed by atoms with Crippen LogP contribution in [0, 0.1) is 0 Å². The van der Waals surface area contributed by atoms with Crippen molar-refractivity contribution in [2.24, 2.45) is 22.2 Å². The van der Waals surface area contributed by atoms with E-state index in [2.05, 4.69) is 10.3 Å². The molecule has 12 heteroatoms. The van der Waals surface area contributed by atoms with Crippen molar-refractivity contribution in [1.82, 2.24) is 15.1 Å². The average Bonchev–Trinajstić information content (AvgIpc) is 3.56. The van der Waals surface area contributed by atoms with Crippen molar-refractivity contribution >= 4 is 29.7 Å². The number of nitrogens with zero attached hydrogens (tertiary/aromatic N) is 3. The Kier molecular flexibility index (Phi) is 9.84. The molecule has 4 atom stereocenters. The Morgan fingerprint density at radius 2 is 1.68 bits per heavy atom. The van der Waals surface area contributed by atoms with Gasteiger partial charge in [0.1, 0.15) is 18.1 Å². The fourth-order valence-electron chi connectivity index (χ4n) is 4.96. The SMILES string of the molecule is NC(N)=NCCCC(N)C(=O)N1CCCC1C(=O)N1CCCC1C(=O)NC(Cc1ccccc1)C(=O)O. The first-order chi connectivity index (χ1) is 17.7. The van der Waals surface area contributed by atoms with Crippen LogP contribution in [0.1, 0.15) is 44.1 Å². The topological polar surface area (TPSA) is 197 Å². The van der Waals surface area contributed by atoms with Crippen molar-refractivity contribution in [2.75, 3.05) is 19.6 Å². The summed E-state index contributed by atoms with van der Waals surface area (Å²) in [5, 5.41) is 12.3. The Bertz CT molecular complexity index is 998. The van der Waals surface area contributed by atoms with Crippen LogP contribution in [0.15, 0.2) is 35.3 Å². The summed E-state index contributed by atoms with van der Waals surface area (Å²) in [5.74, 6) is -2.28. The minimum absolute atomic E-state index is 0.0240. The van der Waals surface area contributed by atoms with Crippen LogP contribution >= 0.6 is 0 Å². The lowest BCUT2D eigenvalue weighted by atomic mass is 10.0. The van der Waals surface area contributed by atoms with Gasteiger partial charge in [-0.25, -0.2) is 4.79 Å². The summed E-state index contributed by atoms with van der Waals surface area (Å²) in [6.07, 6.45) is 3.23. The molecule has 37 heavy (non-hydrogen) atoms. The van der Waals surface area contributed by atoms with Gasteiger partial charge in [0.2, 0.25) is 17.7 Å². The molecule has 3 amide bonds. The first-order valence-electron chi connectivity index (χ1n) is 12.7. The third-order valence-electron chi connectivity index (χ3n) is 6.84. The number of likely N-dealkylation sites (tertiary alicyclic amines) is 2. The predicted octanol–water partition coefficient (Wildman–Crippen LogP) is -0.839. The fourth-order valence-corrected chi connectivity index (χ4v) is 4.96. The average molecular weight is 516 g/mol. The second-order valence-electron chi connectivity index (χ2n) is 9.52. The number of nitrogens with one attached hydrogen (secondary N) is 1. The zero-order valence-electron chi connectivity index (χ0n) is 20.9. The molecule has 4 unspecified atom stereocenters. The molecule has 0 radical (unpaired) electrons. The molecule has 0 aliphatic carbocycles. The Balaban J connectivity index is 1.62. The van der Waals surface area contributed by atoms with E-state index in [-0.39, 0.29) is 24.2 Å². The van der Waals surface area contributed by atoms with Crippen LogP contribution in [-0.4, -0.2) is 88.4 Å². The number of amides is 3. The zero-order chi connectivity index (χ0) is 26.9. The number of rotatable bonds is 11. The van der Waals surface area contributed by atoms with Crippen molar-refractivity contribution in [3.8, 4) is 0 Å². The van der Waals surface area contributed by atoms with E-state index in [1.165, 1.54) is 9.80 Å². The minimum Gasteiger partial charge on any atom is -0.480 e. The van der Waals surface area contributed by atoms with Crippen molar-refractivity contribution in [1.29, 1.82) is 0 Å². The minimum atomic E-state index is -1.14.